The lowest BCUT2D eigenvalue weighted by Gasteiger charge is -2.18. The third-order valence-corrected chi connectivity index (χ3v) is 3.53. The van der Waals surface area contributed by atoms with E-state index in [1.54, 1.807) is 13.0 Å². The van der Waals surface area contributed by atoms with Gasteiger partial charge < -0.3 is 14.9 Å². The zero-order chi connectivity index (χ0) is 15.1. The zero-order valence-corrected chi connectivity index (χ0v) is 12.3. The van der Waals surface area contributed by atoms with Gasteiger partial charge in [0.2, 0.25) is 0 Å². The van der Waals surface area contributed by atoms with Crippen LogP contribution in [0.4, 0.5) is 4.39 Å². The summed E-state index contributed by atoms with van der Waals surface area (Å²) in [5, 5.41) is 19.7. The van der Waals surface area contributed by atoms with E-state index < -0.39 is 18.0 Å². The van der Waals surface area contributed by atoms with Gasteiger partial charge in [0, 0.05) is 24.3 Å². The summed E-state index contributed by atoms with van der Waals surface area (Å²) in [6, 6.07) is 4.12. The van der Waals surface area contributed by atoms with Gasteiger partial charge in [-0.2, -0.15) is 0 Å². The van der Waals surface area contributed by atoms with Crippen LogP contribution in [0.1, 0.15) is 31.9 Å². The van der Waals surface area contributed by atoms with Crippen molar-refractivity contribution in [3.05, 3.63) is 29.6 Å². The first-order chi connectivity index (χ1) is 9.45. The second-order valence-electron chi connectivity index (χ2n) is 4.26. The molecule has 0 aliphatic rings. The molecule has 2 N–H and O–H groups in total. The Morgan fingerprint density at radius 3 is 2.70 bits per heavy atom. The molecule has 0 heterocycles. The van der Waals surface area contributed by atoms with Crippen LogP contribution < -0.4 is 4.74 Å². The number of thioether (sulfide) groups is 1. The van der Waals surface area contributed by atoms with Gasteiger partial charge >= 0.3 is 0 Å². The van der Waals surface area contributed by atoms with E-state index in [9.17, 15) is 19.4 Å². The molecule has 0 saturated carbocycles. The lowest BCUT2D eigenvalue weighted by molar-refractivity contribution is -0.109. The molecule has 0 aromatic heterocycles. The van der Waals surface area contributed by atoms with Crippen LogP contribution in [-0.4, -0.2) is 33.8 Å². The second kappa shape index (κ2) is 8.24. The van der Waals surface area contributed by atoms with Crippen molar-refractivity contribution < 1.29 is 24.1 Å². The summed E-state index contributed by atoms with van der Waals surface area (Å²) in [5.41, 5.74) is 0.0220. The van der Waals surface area contributed by atoms with E-state index in [1.165, 1.54) is 19.1 Å². The Bertz CT molecular complexity index is 453. The van der Waals surface area contributed by atoms with Gasteiger partial charge in [0.1, 0.15) is 17.7 Å². The molecule has 0 fully saturated rings. The standard InChI is InChI=1S/C14H19FO4S/c1-3-19-10-4-5-11(12(15)8-10)14(18)13(17)6-7-20-9(2)16/h4-5,8,13-14,17-18H,3,6-7H2,1-2H3. The fourth-order valence-electron chi connectivity index (χ4n) is 1.69. The van der Waals surface area contributed by atoms with Gasteiger partial charge in [-0.05, 0) is 25.5 Å². The number of aliphatic hydroxyl groups is 2. The highest BCUT2D eigenvalue weighted by atomic mass is 32.2. The van der Waals surface area contributed by atoms with Crippen molar-refractivity contribution in [1.82, 2.24) is 0 Å². The van der Waals surface area contributed by atoms with E-state index in [4.69, 9.17) is 4.74 Å². The molecule has 112 valence electrons. The number of carbonyl (C=O) groups excluding carboxylic acids is 1. The van der Waals surface area contributed by atoms with Crippen LogP contribution in [0.25, 0.3) is 0 Å². The SMILES string of the molecule is CCOc1ccc(C(O)C(O)CCSC(C)=O)c(F)c1. The number of carbonyl (C=O) groups is 1. The Balaban J connectivity index is 2.66. The largest absolute Gasteiger partial charge is 0.494 e. The molecule has 1 aromatic carbocycles. The summed E-state index contributed by atoms with van der Waals surface area (Å²) in [5.74, 6) is 0.135. The number of aliphatic hydroxyl groups excluding tert-OH is 2. The van der Waals surface area contributed by atoms with E-state index in [0.29, 0.717) is 18.1 Å². The van der Waals surface area contributed by atoms with Gasteiger partial charge in [-0.3, -0.25) is 4.79 Å². The molecule has 0 radical (unpaired) electrons. The summed E-state index contributed by atoms with van der Waals surface area (Å²) >= 11 is 1.06. The fraction of sp³-hybridized carbons (Fsp3) is 0.500. The van der Waals surface area contributed by atoms with Gasteiger partial charge in [-0.25, -0.2) is 4.39 Å². The summed E-state index contributed by atoms with van der Waals surface area (Å²) < 4.78 is 19.0. The molecular formula is C14H19FO4S. The van der Waals surface area contributed by atoms with Crippen LogP contribution in [-0.2, 0) is 4.79 Å². The fourth-order valence-corrected chi connectivity index (χ4v) is 2.34. The van der Waals surface area contributed by atoms with Crippen molar-refractivity contribution in [3.8, 4) is 5.75 Å². The monoisotopic (exact) mass is 302 g/mol. The Kier molecular flexibility index (Phi) is 6.98. The maximum absolute atomic E-state index is 13.8. The van der Waals surface area contributed by atoms with Crippen LogP contribution in [0.2, 0.25) is 0 Å². The molecule has 0 saturated heterocycles. The molecular weight excluding hydrogens is 283 g/mol. The molecule has 1 rings (SSSR count). The molecule has 0 amide bonds. The first-order valence-electron chi connectivity index (χ1n) is 6.37. The molecule has 0 bridgehead atoms. The molecule has 6 heteroatoms. The highest BCUT2D eigenvalue weighted by Crippen LogP contribution is 2.26. The Labute approximate surface area is 122 Å². The molecule has 20 heavy (non-hydrogen) atoms. The van der Waals surface area contributed by atoms with Crippen molar-refractivity contribution >= 4 is 16.9 Å². The Morgan fingerprint density at radius 2 is 2.15 bits per heavy atom. The van der Waals surface area contributed by atoms with Gasteiger partial charge in [0.05, 0.1) is 12.7 Å². The van der Waals surface area contributed by atoms with Crippen molar-refractivity contribution in [2.45, 2.75) is 32.5 Å². The first-order valence-corrected chi connectivity index (χ1v) is 7.36. The highest BCUT2D eigenvalue weighted by Gasteiger charge is 2.21. The topological polar surface area (TPSA) is 66.8 Å². The van der Waals surface area contributed by atoms with E-state index >= 15 is 0 Å². The summed E-state index contributed by atoms with van der Waals surface area (Å²) in [6.45, 7) is 3.64. The lowest BCUT2D eigenvalue weighted by atomic mass is 10.0. The maximum atomic E-state index is 13.8. The number of rotatable bonds is 7. The molecule has 2 atom stereocenters. The molecule has 0 spiro atoms. The normalized spacial score (nSPS) is 13.8. The van der Waals surface area contributed by atoms with Gasteiger partial charge in [-0.1, -0.05) is 11.8 Å². The number of hydrogen-bond acceptors (Lipinski definition) is 5. The summed E-state index contributed by atoms with van der Waals surface area (Å²) in [7, 11) is 0. The Hall–Kier alpha value is -1.11. The molecule has 1 aromatic rings. The van der Waals surface area contributed by atoms with E-state index in [1.807, 2.05) is 0 Å². The minimum Gasteiger partial charge on any atom is -0.494 e. The van der Waals surface area contributed by atoms with Crippen LogP contribution in [0.3, 0.4) is 0 Å². The predicted octanol–water partition coefficient (Wildman–Crippen LogP) is 2.29. The van der Waals surface area contributed by atoms with E-state index in [-0.39, 0.29) is 17.1 Å². The number of ether oxygens (including phenoxy) is 1. The number of halogens is 1. The summed E-state index contributed by atoms with van der Waals surface area (Å²) in [6.07, 6.45) is -2.23. The Morgan fingerprint density at radius 1 is 1.45 bits per heavy atom. The van der Waals surface area contributed by atoms with Crippen molar-refractivity contribution in [3.63, 3.8) is 0 Å². The third-order valence-electron chi connectivity index (χ3n) is 2.68. The number of benzene rings is 1. The highest BCUT2D eigenvalue weighted by molar-refractivity contribution is 8.13. The predicted molar refractivity (Wildman–Crippen MR) is 76.3 cm³/mol. The maximum Gasteiger partial charge on any atom is 0.185 e. The third kappa shape index (κ3) is 5.11. The van der Waals surface area contributed by atoms with Crippen LogP contribution in [0.15, 0.2) is 18.2 Å². The number of hydrogen-bond donors (Lipinski definition) is 2. The van der Waals surface area contributed by atoms with Crippen LogP contribution in [0, 0.1) is 5.82 Å². The minimum atomic E-state index is -1.32. The summed E-state index contributed by atoms with van der Waals surface area (Å²) in [4.78, 5) is 10.8. The van der Waals surface area contributed by atoms with Crippen LogP contribution >= 0.6 is 11.8 Å². The molecule has 2 unspecified atom stereocenters. The first kappa shape index (κ1) is 16.9. The van der Waals surface area contributed by atoms with Crippen LogP contribution in [0.5, 0.6) is 5.75 Å². The van der Waals surface area contributed by atoms with Gasteiger partial charge in [-0.15, -0.1) is 0 Å². The van der Waals surface area contributed by atoms with E-state index in [0.717, 1.165) is 11.8 Å². The van der Waals surface area contributed by atoms with Gasteiger partial charge in [0.15, 0.2) is 5.12 Å². The molecule has 4 nitrogen and oxygen atoms in total. The second-order valence-corrected chi connectivity index (χ2v) is 5.53. The smallest absolute Gasteiger partial charge is 0.185 e. The van der Waals surface area contributed by atoms with Crippen molar-refractivity contribution in [1.29, 1.82) is 0 Å². The van der Waals surface area contributed by atoms with Crippen molar-refractivity contribution in [2.75, 3.05) is 12.4 Å². The average molecular weight is 302 g/mol. The van der Waals surface area contributed by atoms with E-state index in [2.05, 4.69) is 0 Å². The minimum absolute atomic E-state index is 0.0220. The van der Waals surface area contributed by atoms with Gasteiger partial charge in [0.25, 0.3) is 0 Å². The quantitative estimate of drug-likeness (QED) is 0.809. The zero-order valence-electron chi connectivity index (χ0n) is 11.5. The van der Waals surface area contributed by atoms with Crippen molar-refractivity contribution in [2.24, 2.45) is 0 Å². The molecule has 0 aliphatic heterocycles. The average Bonchev–Trinajstić information content (AvgIpc) is 2.38. The molecule has 0 aliphatic carbocycles. The lowest BCUT2D eigenvalue weighted by Crippen LogP contribution is -2.20.